The van der Waals surface area contributed by atoms with Crippen LogP contribution in [0.2, 0.25) is 0 Å². The number of morpholine rings is 1. The average Bonchev–Trinajstić information content (AvgIpc) is 2.92. The van der Waals surface area contributed by atoms with Gasteiger partial charge in [0.1, 0.15) is 0 Å². The molecule has 3 fully saturated rings. The van der Waals surface area contributed by atoms with Crippen molar-refractivity contribution in [1.29, 1.82) is 0 Å². The zero-order valence-corrected chi connectivity index (χ0v) is 14.3. The minimum atomic E-state index is -0.0948. The maximum Gasteiger partial charge on any atom is 0.0859 e. The predicted molar refractivity (Wildman–Crippen MR) is 84.5 cm³/mol. The van der Waals surface area contributed by atoms with Crippen LogP contribution >= 0.6 is 0 Å². The molecule has 3 saturated heterocycles. The van der Waals surface area contributed by atoms with E-state index < -0.39 is 0 Å². The monoisotopic (exact) mass is 296 g/mol. The largest absolute Gasteiger partial charge is 0.374 e. The molecule has 0 spiro atoms. The maximum atomic E-state index is 6.30. The summed E-state index contributed by atoms with van der Waals surface area (Å²) in [7, 11) is 2.07. The summed E-state index contributed by atoms with van der Waals surface area (Å²) in [5, 5.41) is 3.56. The lowest BCUT2D eigenvalue weighted by atomic mass is 9.79. The summed E-state index contributed by atoms with van der Waals surface area (Å²) >= 11 is 0. The maximum absolute atomic E-state index is 6.30. The third kappa shape index (κ3) is 3.00. The van der Waals surface area contributed by atoms with E-state index in [1.54, 1.807) is 0 Å². The number of rotatable bonds is 3. The number of nitrogens with zero attached hydrogens (tertiary/aromatic N) is 1. The molecule has 0 amide bonds. The molecule has 3 rings (SSSR count). The van der Waals surface area contributed by atoms with Crippen molar-refractivity contribution < 1.29 is 9.47 Å². The summed E-state index contributed by atoms with van der Waals surface area (Å²) in [6.07, 6.45) is 4.01. The molecule has 3 aliphatic heterocycles. The molecule has 3 heterocycles. The van der Waals surface area contributed by atoms with Gasteiger partial charge in [-0.25, -0.2) is 0 Å². The van der Waals surface area contributed by atoms with Gasteiger partial charge < -0.3 is 14.8 Å². The van der Waals surface area contributed by atoms with Gasteiger partial charge in [0, 0.05) is 24.5 Å². The minimum absolute atomic E-state index is 0.0336. The van der Waals surface area contributed by atoms with Crippen molar-refractivity contribution >= 4 is 0 Å². The molecule has 0 saturated carbocycles. The molecule has 1 N–H and O–H groups in total. The van der Waals surface area contributed by atoms with Crippen LogP contribution < -0.4 is 5.32 Å². The lowest BCUT2D eigenvalue weighted by molar-refractivity contribution is -0.102. The van der Waals surface area contributed by atoms with Crippen molar-refractivity contribution in [2.24, 2.45) is 5.92 Å². The van der Waals surface area contributed by atoms with Gasteiger partial charge >= 0.3 is 0 Å². The molecule has 0 aromatic carbocycles. The van der Waals surface area contributed by atoms with Gasteiger partial charge in [0.2, 0.25) is 0 Å². The van der Waals surface area contributed by atoms with Crippen LogP contribution in [-0.2, 0) is 9.47 Å². The van der Waals surface area contributed by atoms with E-state index in [1.165, 1.54) is 19.4 Å². The van der Waals surface area contributed by atoms with Crippen molar-refractivity contribution in [1.82, 2.24) is 10.2 Å². The van der Waals surface area contributed by atoms with E-state index in [2.05, 4.69) is 45.0 Å². The zero-order valence-electron chi connectivity index (χ0n) is 14.3. The van der Waals surface area contributed by atoms with Crippen LogP contribution in [0.15, 0.2) is 0 Å². The third-order valence-corrected chi connectivity index (χ3v) is 5.73. The van der Waals surface area contributed by atoms with Gasteiger partial charge in [0.15, 0.2) is 0 Å². The van der Waals surface area contributed by atoms with Gasteiger partial charge in [-0.2, -0.15) is 0 Å². The molecule has 21 heavy (non-hydrogen) atoms. The van der Waals surface area contributed by atoms with Crippen LogP contribution in [0.3, 0.4) is 0 Å². The van der Waals surface area contributed by atoms with Crippen molar-refractivity contribution in [3.63, 3.8) is 0 Å². The molecule has 0 aliphatic carbocycles. The van der Waals surface area contributed by atoms with E-state index in [0.29, 0.717) is 18.0 Å². The Morgan fingerprint density at radius 1 is 1.24 bits per heavy atom. The SMILES string of the molecule is CNC(C1CN2CCCC2CO1)C1CC(C)(C)OC1(C)C. The molecule has 4 unspecified atom stereocenters. The summed E-state index contributed by atoms with van der Waals surface area (Å²) in [4.78, 5) is 2.63. The first-order chi connectivity index (χ1) is 9.82. The average molecular weight is 296 g/mol. The normalized spacial score (nSPS) is 40.1. The number of ether oxygens (including phenoxy) is 2. The van der Waals surface area contributed by atoms with Gasteiger partial charge in [-0.05, 0) is 60.5 Å². The molecule has 4 heteroatoms. The molecular formula is C17H32N2O2. The second-order valence-corrected chi connectivity index (χ2v) is 8.25. The molecule has 0 radical (unpaired) electrons. The fraction of sp³-hybridized carbons (Fsp3) is 1.00. The number of likely N-dealkylation sites (N-methyl/N-ethyl adjacent to an activating group) is 1. The number of nitrogens with one attached hydrogen (secondary N) is 1. The molecule has 3 aliphatic rings. The topological polar surface area (TPSA) is 33.7 Å². The van der Waals surface area contributed by atoms with E-state index >= 15 is 0 Å². The zero-order chi connectivity index (χ0) is 15.3. The van der Waals surface area contributed by atoms with Gasteiger partial charge in [-0.1, -0.05) is 0 Å². The first kappa shape index (κ1) is 15.7. The molecule has 4 atom stereocenters. The van der Waals surface area contributed by atoms with Crippen molar-refractivity contribution in [2.75, 3.05) is 26.7 Å². The van der Waals surface area contributed by atoms with Crippen LogP contribution in [0.25, 0.3) is 0 Å². The highest BCUT2D eigenvalue weighted by atomic mass is 16.5. The molecular weight excluding hydrogens is 264 g/mol. The Hall–Kier alpha value is -0.160. The first-order valence-corrected chi connectivity index (χ1v) is 8.55. The summed E-state index contributed by atoms with van der Waals surface area (Å²) in [6.45, 7) is 12.1. The lowest BCUT2D eigenvalue weighted by Crippen LogP contribution is -2.58. The smallest absolute Gasteiger partial charge is 0.0859 e. The summed E-state index contributed by atoms with van der Waals surface area (Å²) in [6, 6.07) is 1.03. The van der Waals surface area contributed by atoms with Crippen LogP contribution in [0.1, 0.15) is 47.0 Å². The number of hydrogen-bond donors (Lipinski definition) is 1. The van der Waals surface area contributed by atoms with Crippen LogP contribution in [0, 0.1) is 5.92 Å². The Labute approximate surface area is 129 Å². The van der Waals surface area contributed by atoms with E-state index in [0.717, 1.165) is 19.6 Å². The Bertz CT molecular complexity index is 383. The Morgan fingerprint density at radius 3 is 2.62 bits per heavy atom. The Balaban J connectivity index is 1.73. The van der Waals surface area contributed by atoms with Crippen molar-refractivity contribution in [2.45, 2.75) is 76.3 Å². The highest BCUT2D eigenvalue weighted by molar-refractivity contribution is 5.03. The molecule has 122 valence electrons. The quantitative estimate of drug-likeness (QED) is 0.864. The Kier molecular flexibility index (Phi) is 4.11. The van der Waals surface area contributed by atoms with E-state index in [-0.39, 0.29) is 17.3 Å². The standard InChI is InChI=1S/C17H32N2O2/c1-16(2)9-13(17(3,4)21-16)15(18-5)14-10-19-8-6-7-12(19)11-20-14/h12-15,18H,6-11H2,1-5H3. The van der Waals surface area contributed by atoms with Gasteiger partial charge in [-0.3, -0.25) is 4.90 Å². The van der Waals surface area contributed by atoms with Crippen LogP contribution in [-0.4, -0.2) is 61.0 Å². The third-order valence-electron chi connectivity index (χ3n) is 5.73. The van der Waals surface area contributed by atoms with Crippen molar-refractivity contribution in [3.8, 4) is 0 Å². The summed E-state index contributed by atoms with van der Waals surface area (Å²) < 4.78 is 12.6. The Morgan fingerprint density at radius 2 is 2.00 bits per heavy atom. The van der Waals surface area contributed by atoms with E-state index in [1.807, 2.05) is 0 Å². The highest BCUT2D eigenvalue weighted by Crippen LogP contribution is 2.44. The fourth-order valence-electron chi connectivity index (χ4n) is 4.87. The lowest BCUT2D eigenvalue weighted by Gasteiger charge is -2.43. The fourth-order valence-corrected chi connectivity index (χ4v) is 4.87. The van der Waals surface area contributed by atoms with Crippen LogP contribution in [0.4, 0.5) is 0 Å². The predicted octanol–water partition coefficient (Wildman–Crippen LogP) is 2.03. The van der Waals surface area contributed by atoms with Crippen molar-refractivity contribution in [3.05, 3.63) is 0 Å². The van der Waals surface area contributed by atoms with E-state index in [9.17, 15) is 0 Å². The van der Waals surface area contributed by atoms with Crippen LogP contribution in [0.5, 0.6) is 0 Å². The second-order valence-electron chi connectivity index (χ2n) is 8.25. The number of fused-ring (bicyclic) bond motifs is 1. The summed E-state index contributed by atoms with van der Waals surface area (Å²) in [5.74, 6) is 0.488. The van der Waals surface area contributed by atoms with Gasteiger partial charge in [0.25, 0.3) is 0 Å². The minimum Gasteiger partial charge on any atom is -0.374 e. The molecule has 0 aromatic heterocycles. The first-order valence-electron chi connectivity index (χ1n) is 8.55. The van der Waals surface area contributed by atoms with Gasteiger partial charge in [0.05, 0.1) is 23.9 Å². The molecule has 0 bridgehead atoms. The molecule has 4 nitrogen and oxygen atoms in total. The van der Waals surface area contributed by atoms with Gasteiger partial charge in [-0.15, -0.1) is 0 Å². The highest BCUT2D eigenvalue weighted by Gasteiger charge is 2.51. The second kappa shape index (κ2) is 5.48. The number of hydrogen-bond acceptors (Lipinski definition) is 4. The van der Waals surface area contributed by atoms with E-state index in [4.69, 9.17) is 9.47 Å². The summed E-state index contributed by atoms with van der Waals surface area (Å²) in [5.41, 5.74) is -0.128. The molecule has 0 aromatic rings.